The Morgan fingerprint density at radius 1 is 1.10 bits per heavy atom. The van der Waals surface area contributed by atoms with Crippen LogP contribution in [0.4, 0.5) is 5.82 Å². The molecule has 4 unspecified atom stereocenters. The molecule has 4 heterocycles. The number of likely N-dealkylation sites (N-methyl/N-ethyl adjacent to an activating group) is 1. The van der Waals surface area contributed by atoms with Gasteiger partial charge in [-0.3, -0.25) is 15.0 Å². The molecule has 1 N–H and O–H groups in total. The van der Waals surface area contributed by atoms with Crippen LogP contribution in [0.5, 0.6) is 0 Å². The van der Waals surface area contributed by atoms with E-state index in [1.165, 1.54) is 0 Å². The molecule has 0 aromatic carbocycles. The van der Waals surface area contributed by atoms with E-state index in [0.717, 1.165) is 64.2 Å². The fourth-order valence-corrected chi connectivity index (χ4v) is 5.62. The van der Waals surface area contributed by atoms with Crippen molar-refractivity contribution in [3.63, 3.8) is 0 Å². The molecular weight excluding hydrogens is 368 g/mol. The van der Waals surface area contributed by atoms with Gasteiger partial charge in [-0.2, -0.15) is 0 Å². The van der Waals surface area contributed by atoms with Gasteiger partial charge in [-0.25, -0.2) is 9.99 Å². The minimum absolute atomic E-state index is 0.0202. The Hall–Kier alpha value is -2.19. The van der Waals surface area contributed by atoms with Crippen molar-refractivity contribution in [3.05, 3.63) is 24.4 Å². The van der Waals surface area contributed by atoms with Crippen molar-refractivity contribution in [1.29, 1.82) is 0 Å². The zero-order chi connectivity index (χ0) is 20.0. The van der Waals surface area contributed by atoms with E-state index in [-0.39, 0.29) is 29.8 Å². The number of nitrogens with zero attached hydrogens (tertiary/aromatic N) is 5. The summed E-state index contributed by atoms with van der Waals surface area (Å²) in [6.07, 6.45) is 5.35. The van der Waals surface area contributed by atoms with Gasteiger partial charge in [-0.05, 0) is 37.8 Å². The first-order chi connectivity index (χ1) is 14.1. The van der Waals surface area contributed by atoms with Gasteiger partial charge in [-0.1, -0.05) is 6.07 Å². The molecule has 0 bridgehead atoms. The standard InChI is InChI=1S/C21H30N6O2/c1-24-18-14-15(5-6-16(18)27-17(21(24)29)7-9-23-27)20(28)26-12-10-25(11-13-26)19-4-2-3-8-22-19/h2-4,8,15-18,23H,5-7,9-14H2,1H3. The molecule has 3 saturated heterocycles. The Morgan fingerprint density at radius 3 is 2.69 bits per heavy atom. The quantitative estimate of drug-likeness (QED) is 0.774. The summed E-state index contributed by atoms with van der Waals surface area (Å²) in [5.41, 5.74) is 3.42. The molecule has 0 spiro atoms. The lowest BCUT2D eigenvalue weighted by Crippen LogP contribution is -2.67. The highest BCUT2D eigenvalue weighted by atomic mass is 16.2. The van der Waals surface area contributed by atoms with E-state index in [2.05, 4.69) is 20.3 Å². The Morgan fingerprint density at radius 2 is 1.93 bits per heavy atom. The Kier molecular flexibility index (Phi) is 4.91. The molecule has 0 radical (unpaired) electrons. The third-order valence-electron chi connectivity index (χ3n) is 7.23. The summed E-state index contributed by atoms with van der Waals surface area (Å²) in [6, 6.07) is 6.38. The van der Waals surface area contributed by atoms with Crippen molar-refractivity contribution in [2.75, 3.05) is 44.7 Å². The second kappa shape index (κ2) is 7.57. The van der Waals surface area contributed by atoms with Crippen molar-refractivity contribution in [1.82, 2.24) is 25.2 Å². The van der Waals surface area contributed by atoms with Crippen LogP contribution < -0.4 is 10.3 Å². The summed E-state index contributed by atoms with van der Waals surface area (Å²) in [5, 5.41) is 2.19. The molecule has 1 aromatic rings. The molecule has 1 aliphatic carbocycles. The van der Waals surface area contributed by atoms with Crippen molar-refractivity contribution >= 4 is 17.6 Å². The molecule has 4 aliphatic rings. The maximum Gasteiger partial charge on any atom is 0.241 e. The van der Waals surface area contributed by atoms with Crippen LogP contribution in [0.15, 0.2) is 24.4 Å². The zero-order valence-electron chi connectivity index (χ0n) is 17.0. The summed E-state index contributed by atoms with van der Waals surface area (Å²) in [7, 11) is 1.92. The molecule has 29 heavy (non-hydrogen) atoms. The number of piperazine rings is 2. The van der Waals surface area contributed by atoms with Gasteiger partial charge in [-0.15, -0.1) is 0 Å². The first-order valence-corrected chi connectivity index (χ1v) is 10.9. The number of amides is 2. The van der Waals surface area contributed by atoms with Crippen LogP contribution in [0.2, 0.25) is 0 Å². The zero-order valence-corrected chi connectivity index (χ0v) is 17.0. The van der Waals surface area contributed by atoms with Gasteiger partial charge in [0.1, 0.15) is 11.9 Å². The number of hydrazine groups is 1. The largest absolute Gasteiger partial charge is 0.353 e. The summed E-state index contributed by atoms with van der Waals surface area (Å²) >= 11 is 0. The van der Waals surface area contributed by atoms with Crippen LogP contribution in [0.3, 0.4) is 0 Å². The third kappa shape index (κ3) is 3.28. The molecule has 1 saturated carbocycles. The summed E-state index contributed by atoms with van der Waals surface area (Å²) in [6.45, 7) is 3.99. The van der Waals surface area contributed by atoms with E-state index >= 15 is 0 Å². The maximum atomic E-state index is 13.2. The molecule has 156 valence electrons. The number of hydrogen-bond donors (Lipinski definition) is 1. The van der Waals surface area contributed by atoms with Crippen LogP contribution in [-0.2, 0) is 9.59 Å². The van der Waals surface area contributed by atoms with Gasteiger partial charge < -0.3 is 14.7 Å². The highest BCUT2D eigenvalue weighted by Crippen LogP contribution is 2.37. The SMILES string of the molecule is CN1C(=O)C2CCNN2C2CCC(C(=O)N3CCN(c4ccccn4)CC3)CC21. The molecule has 8 nitrogen and oxygen atoms in total. The van der Waals surface area contributed by atoms with Crippen molar-refractivity contribution < 1.29 is 9.59 Å². The number of pyridine rings is 1. The molecule has 4 fully saturated rings. The predicted octanol–water partition coefficient (Wildman–Crippen LogP) is 0.318. The fraction of sp³-hybridized carbons (Fsp3) is 0.667. The summed E-state index contributed by atoms with van der Waals surface area (Å²) in [4.78, 5) is 36.6. The van der Waals surface area contributed by atoms with E-state index < -0.39 is 0 Å². The van der Waals surface area contributed by atoms with E-state index in [9.17, 15) is 9.59 Å². The number of carbonyl (C=O) groups is 2. The first kappa shape index (κ1) is 18.8. The summed E-state index contributed by atoms with van der Waals surface area (Å²) < 4.78 is 0. The van der Waals surface area contributed by atoms with E-state index in [0.29, 0.717) is 6.04 Å². The fourth-order valence-electron chi connectivity index (χ4n) is 5.62. The predicted molar refractivity (Wildman–Crippen MR) is 109 cm³/mol. The molecule has 5 rings (SSSR count). The Bertz CT molecular complexity index is 766. The molecule has 8 heteroatoms. The van der Waals surface area contributed by atoms with Crippen molar-refractivity contribution in [2.45, 2.75) is 43.8 Å². The number of carbonyl (C=O) groups excluding carboxylic acids is 2. The van der Waals surface area contributed by atoms with Gasteiger partial charge in [0, 0.05) is 64.0 Å². The molecule has 1 aromatic heterocycles. The highest BCUT2D eigenvalue weighted by molar-refractivity contribution is 5.84. The number of nitrogens with one attached hydrogen (secondary N) is 1. The summed E-state index contributed by atoms with van der Waals surface area (Å²) in [5.74, 6) is 1.47. The van der Waals surface area contributed by atoms with Crippen molar-refractivity contribution in [2.24, 2.45) is 5.92 Å². The van der Waals surface area contributed by atoms with Gasteiger partial charge in [0.05, 0.1) is 0 Å². The first-order valence-electron chi connectivity index (χ1n) is 10.9. The number of fused-ring (bicyclic) bond motifs is 3. The number of aromatic nitrogens is 1. The minimum Gasteiger partial charge on any atom is -0.353 e. The van der Waals surface area contributed by atoms with Crippen LogP contribution in [0.1, 0.15) is 25.7 Å². The lowest BCUT2D eigenvalue weighted by atomic mass is 9.78. The van der Waals surface area contributed by atoms with E-state index in [1.807, 2.05) is 41.2 Å². The molecule has 3 aliphatic heterocycles. The van der Waals surface area contributed by atoms with Gasteiger partial charge in [0.25, 0.3) is 0 Å². The van der Waals surface area contributed by atoms with Gasteiger partial charge in [0.2, 0.25) is 11.8 Å². The Balaban J connectivity index is 1.21. The molecule has 2 amide bonds. The lowest BCUT2D eigenvalue weighted by Gasteiger charge is -2.51. The van der Waals surface area contributed by atoms with E-state index in [4.69, 9.17) is 0 Å². The smallest absolute Gasteiger partial charge is 0.241 e. The number of anilines is 1. The van der Waals surface area contributed by atoms with Gasteiger partial charge in [0.15, 0.2) is 0 Å². The second-order valence-electron chi connectivity index (χ2n) is 8.71. The van der Waals surface area contributed by atoms with Crippen LogP contribution in [0, 0.1) is 5.92 Å². The van der Waals surface area contributed by atoms with Crippen molar-refractivity contribution in [3.8, 4) is 0 Å². The number of hydrogen-bond acceptors (Lipinski definition) is 6. The Labute approximate surface area is 171 Å². The molecule has 4 atom stereocenters. The minimum atomic E-state index is -0.0202. The van der Waals surface area contributed by atoms with Crippen LogP contribution in [0.25, 0.3) is 0 Å². The molecular formula is C21H30N6O2. The maximum absolute atomic E-state index is 13.2. The normalized spacial score (nSPS) is 32.9. The average Bonchev–Trinajstić information content (AvgIpc) is 3.28. The number of rotatable bonds is 2. The lowest BCUT2D eigenvalue weighted by molar-refractivity contribution is -0.155. The van der Waals surface area contributed by atoms with Crippen LogP contribution >= 0.6 is 0 Å². The highest BCUT2D eigenvalue weighted by Gasteiger charge is 2.50. The van der Waals surface area contributed by atoms with Crippen LogP contribution in [-0.4, -0.2) is 89.5 Å². The topological polar surface area (TPSA) is 72.0 Å². The average molecular weight is 399 g/mol. The monoisotopic (exact) mass is 398 g/mol. The van der Waals surface area contributed by atoms with E-state index in [1.54, 1.807) is 0 Å². The second-order valence-corrected chi connectivity index (χ2v) is 8.71. The van der Waals surface area contributed by atoms with Gasteiger partial charge >= 0.3 is 0 Å². The third-order valence-corrected chi connectivity index (χ3v) is 7.23.